The molecule has 0 fully saturated rings. The maximum absolute atomic E-state index is 14.2. The van der Waals surface area contributed by atoms with E-state index in [1.54, 1.807) is 12.1 Å². The maximum atomic E-state index is 14.2. The van der Waals surface area contributed by atoms with Crippen molar-refractivity contribution in [3.8, 4) is 12.3 Å². The van der Waals surface area contributed by atoms with Gasteiger partial charge in [0.05, 0.1) is 27.4 Å². The average Bonchev–Trinajstić information content (AvgIpc) is 3.00. The molecule has 27 heavy (non-hydrogen) atoms. The van der Waals surface area contributed by atoms with E-state index < -0.39 is 21.6 Å². The molecule has 2 aromatic carbocycles. The molecular formula is C19H15FN2O3S2. The molecule has 0 N–H and O–H groups in total. The largest absolute Gasteiger partial charge is 0.302 e. The molecule has 0 aliphatic carbocycles. The van der Waals surface area contributed by atoms with Crippen molar-refractivity contribution < 1.29 is 17.6 Å². The minimum absolute atomic E-state index is 0.0529. The summed E-state index contributed by atoms with van der Waals surface area (Å²) in [4.78, 5) is 17.0. The van der Waals surface area contributed by atoms with Crippen LogP contribution in [0.5, 0.6) is 0 Å². The van der Waals surface area contributed by atoms with Crippen LogP contribution in [-0.2, 0) is 16.4 Å². The molecule has 0 spiro atoms. The number of carbonyl (C=O) groups is 1. The van der Waals surface area contributed by atoms with Crippen molar-refractivity contribution in [2.24, 2.45) is 4.99 Å². The zero-order chi connectivity index (χ0) is 19.6. The number of benzene rings is 2. The average molecular weight is 402 g/mol. The number of thiazole rings is 1. The number of nitrogens with zero attached hydrogens (tertiary/aromatic N) is 2. The molecule has 0 unspecified atom stereocenters. The molecule has 0 bridgehead atoms. The molecule has 1 amide bonds. The van der Waals surface area contributed by atoms with E-state index in [1.807, 2.05) is 0 Å². The predicted molar refractivity (Wildman–Crippen MR) is 103 cm³/mol. The van der Waals surface area contributed by atoms with Crippen molar-refractivity contribution in [1.29, 1.82) is 0 Å². The zero-order valence-electron chi connectivity index (χ0n) is 14.3. The van der Waals surface area contributed by atoms with Gasteiger partial charge in [-0.2, -0.15) is 4.99 Å². The Bertz CT molecular complexity index is 1250. The summed E-state index contributed by atoms with van der Waals surface area (Å²) in [7, 11) is -3.44. The van der Waals surface area contributed by atoms with Crippen molar-refractivity contribution in [3.05, 3.63) is 58.6 Å². The summed E-state index contributed by atoms with van der Waals surface area (Å²) in [6, 6.07) is 10.3. The Balaban J connectivity index is 2.14. The van der Waals surface area contributed by atoms with E-state index in [2.05, 4.69) is 10.9 Å². The summed E-state index contributed by atoms with van der Waals surface area (Å²) < 4.78 is 40.3. The summed E-state index contributed by atoms with van der Waals surface area (Å²) in [5, 5.41) is 0. The minimum Gasteiger partial charge on any atom is -0.302 e. The van der Waals surface area contributed by atoms with Crippen LogP contribution in [0.3, 0.4) is 0 Å². The van der Waals surface area contributed by atoms with Crippen molar-refractivity contribution in [2.45, 2.75) is 18.4 Å². The lowest BCUT2D eigenvalue weighted by molar-refractivity contribution is 0.0997. The molecule has 138 valence electrons. The fourth-order valence-electron chi connectivity index (χ4n) is 2.55. The number of hydrogen-bond acceptors (Lipinski definition) is 4. The van der Waals surface area contributed by atoms with Crippen LogP contribution in [0, 0.1) is 18.2 Å². The van der Waals surface area contributed by atoms with Crippen LogP contribution < -0.4 is 4.80 Å². The van der Waals surface area contributed by atoms with Gasteiger partial charge in [0.15, 0.2) is 14.6 Å². The summed E-state index contributed by atoms with van der Waals surface area (Å²) in [6.45, 7) is 1.58. The van der Waals surface area contributed by atoms with E-state index in [0.29, 0.717) is 4.70 Å². The van der Waals surface area contributed by atoms with Gasteiger partial charge in [0.2, 0.25) is 0 Å². The van der Waals surface area contributed by atoms with E-state index in [4.69, 9.17) is 6.42 Å². The number of para-hydroxylation sites is 1. The number of sulfone groups is 1. The number of carbonyl (C=O) groups excluding carboxylic acids is 1. The number of amides is 1. The highest BCUT2D eigenvalue weighted by Gasteiger charge is 2.15. The van der Waals surface area contributed by atoms with Gasteiger partial charge in [0.1, 0.15) is 5.82 Å². The van der Waals surface area contributed by atoms with E-state index >= 15 is 0 Å². The molecule has 3 aromatic rings. The molecule has 0 aliphatic heterocycles. The van der Waals surface area contributed by atoms with Gasteiger partial charge in [-0.05, 0) is 30.3 Å². The molecule has 5 nitrogen and oxygen atoms in total. The Labute approximate surface area is 159 Å². The molecule has 0 saturated heterocycles. The molecule has 0 saturated carbocycles. The van der Waals surface area contributed by atoms with Crippen LogP contribution >= 0.6 is 11.3 Å². The quantitative estimate of drug-likeness (QED) is 0.630. The summed E-state index contributed by atoms with van der Waals surface area (Å²) in [6.07, 6.45) is 5.37. The molecule has 3 rings (SSSR count). The second kappa shape index (κ2) is 7.47. The first-order chi connectivity index (χ1) is 12.9. The lowest BCUT2D eigenvalue weighted by Crippen LogP contribution is -2.17. The van der Waals surface area contributed by atoms with Gasteiger partial charge in [-0.3, -0.25) is 4.79 Å². The third-order valence-corrected chi connectivity index (χ3v) is 6.69. The first-order valence-electron chi connectivity index (χ1n) is 8.00. The third-order valence-electron chi connectivity index (χ3n) is 3.92. The molecule has 0 atom stereocenters. The fourth-order valence-corrected chi connectivity index (χ4v) is 4.52. The number of fused-ring (bicyclic) bond motifs is 1. The van der Waals surface area contributed by atoms with Gasteiger partial charge in [-0.15, -0.1) is 6.42 Å². The van der Waals surface area contributed by atoms with Crippen LogP contribution in [0.4, 0.5) is 4.39 Å². The topological polar surface area (TPSA) is 68.5 Å². The van der Waals surface area contributed by atoms with E-state index in [1.165, 1.54) is 41.8 Å². The smallest absolute Gasteiger partial charge is 0.279 e. The van der Waals surface area contributed by atoms with Gasteiger partial charge < -0.3 is 4.57 Å². The molecular weight excluding hydrogens is 387 g/mol. The van der Waals surface area contributed by atoms with Gasteiger partial charge in [0, 0.05) is 5.56 Å². The first-order valence-corrected chi connectivity index (χ1v) is 10.5. The monoisotopic (exact) mass is 402 g/mol. The van der Waals surface area contributed by atoms with Crippen LogP contribution in [-0.4, -0.2) is 24.6 Å². The molecule has 0 aliphatic rings. The second-order valence-corrected chi connectivity index (χ2v) is 8.90. The van der Waals surface area contributed by atoms with Gasteiger partial charge in [-0.1, -0.05) is 36.3 Å². The highest BCUT2D eigenvalue weighted by Crippen LogP contribution is 2.20. The second-order valence-electron chi connectivity index (χ2n) is 5.61. The van der Waals surface area contributed by atoms with Gasteiger partial charge in [-0.25, -0.2) is 12.8 Å². The van der Waals surface area contributed by atoms with Gasteiger partial charge >= 0.3 is 0 Å². The summed E-state index contributed by atoms with van der Waals surface area (Å²) in [5.41, 5.74) is 0.420. The number of rotatable bonds is 4. The lowest BCUT2D eigenvalue weighted by atomic mass is 10.2. The lowest BCUT2D eigenvalue weighted by Gasteiger charge is -2.03. The van der Waals surface area contributed by atoms with E-state index in [9.17, 15) is 17.6 Å². The third kappa shape index (κ3) is 3.70. The standard InChI is InChI=1S/C19H15FN2O3S2/c1-3-11-22-17-15(20)9-6-10-16(17)26-19(22)21-18(23)13-7-5-8-14(12-13)27(24,25)4-2/h1,5-10,12H,4,11H2,2H3. The number of halogens is 1. The maximum Gasteiger partial charge on any atom is 0.279 e. The molecule has 1 heterocycles. The number of terminal acetylenes is 1. The Kier molecular flexibility index (Phi) is 5.26. The highest BCUT2D eigenvalue weighted by molar-refractivity contribution is 7.91. The number of hydrogen-bond donors (Lipinski definition) is 0. The molecule has 1 aromatic heterocycles. The van der Waals surface area contributed by atoms with Crippen LogP contribution in [0.15, 0.2) is 52.4 Å². The Morgan fingerprint density at radius 1 is 1.30 bits per heavy atom. The fraction of sp³-hybridized carbons (Fsp3) is 0.158. The Morgan fingerprint density at radius 2 is 2.04 bits per heavy atom. The predicted octanol–water partition coefficient (Wildman–Crippen LogP) is 3.01. The molecule has 8 heteroatoms. The normalized spacial score (nSPS) is 12.3. The summed E-state index contributed by atoms with van der Waals surface area (Å²) >= 11 is 1.14. The van der Waals surface area contributed by atoms with Crippen molar-refractivity contribution >= 4 is 37.3 Å². The summed E-state index contributed by atoms with van der Waals surface area (Å²) in [5.74, 6) is 1.28. The molecule has 0 radical (unpaired) electrons. The van der Waals surface area contributed by atoms with Crippen LogP contribution in [0.2, 0.25) is 0 Å². The zero-order valence-corrected chi connectivity index (χ0v) is 16.0. The van der Waals surface area contributed by atoms with Crippen LogP contribution in [0.25, 0.3) is 10.2 Å². The Hall–Kier alpha value is -2.76. The van der Waals surface area contributed by atoms with E-state index in [0.717, 1.165) is 11.3 Å². The first kappa shape index (κ1) is 19.0. The van der Waals surface area contributed by atoms with Crippen molar-refractivity contribution in [3.63, 3.8) is 0 Å². The van der Waals surface area contributed by atoms with Crippen molar-refractivity contribution in [1.82, 2.24) is 4.57 Å². The Morgan fingerprint density at radius 3 is 2.74 bits per heavy atom. The SMILES string of the molecule is C#CCn1c(=NC(=O)c2cccc(S(=O)(=O)CC)c2)sc2cccc(F)c21. The van der Waals surface area contributed by atoms with E-state index in [-0.39, 0.29) is 33.1 Å². The number of aromatic nitrogens is 1. The highest BCUT2D eigenvalue weighted by atomic mass is 32.2. The van der Waals surface area contributed by atoms with Gasteiger partial charge in [0.25, 0.3) is 5.91 Å². The van der Waals surface area contributed by atoms with Crippen LogP contribution in [0.1, 0.15) is 17.3 Å². The minimum atomic E-state index is -3.44. The van der Waals surface area contributed by atoms with Crippen molar-refractivity contribution in [2.75, 3.05) is 5.75 Å².